The molecule has 0 radical (unpaired) electrons. The van der Waals surface area contributed by atoms with Crippen molar-refractivity contribution in [2.24, 2.45) is 0 Å². The number of hydrogen-bond acceptors (Lipinski definition) is 3. The first-order valence-corrected chi connectivity index (χ1v) is 10.3. The van der Waals surface area contributed by atoms with E-state index in [1.807, 2.05) is 31.2 Å². The molecule has 4 rings (SSSR count). The molecular formula is C25H22FN5O2. The van der Waals surface area contributed by atoms with Crippen molar-refractivity contribution in [2.75, 3.05) is 17.7 Å². The molecule has 0 saturated heterocycles. The van der Waals surface area contributed by atoms with Gasteiger partial charge in [-0.1, -0.05) is 23.8 Å². The highest BCUT2D eigenvalue weighted by Gasteiger charge is 2.19. The van der Waals surface area contributed by atoms with Gasteiger partial charge in [0.25, 0.3) is 5.91 Å². The fourth-order valence-corrected chi connectivity index (χ4v) is 3.30. The molecule has 0 unspecified atom stereocenters. The Bertz CT molecular complexity index is 1300. The summed E-state index contributed by atoms with van der Waals surface area (Å²) in [5.41, 5.74) is 4.51. The zero-order chi connectivity index (χ0) is 23.4. The Kier molecular flexibility index (Phi) is 6.17. The fourth-order valence-electron chi connectivity index (χ4n) is 3.30. The number of halogens is 1. The van der Waals surface area contributed by atoms with Gasteiger partial charge in [0, 0.05) is 30.2 Å². The van der Waals surface area contributed by atoms with E-state index in [4.69, 9.17) is 0 Å². The summed E-state index contributed by atoms with van der Waals surface area (Å²) >= 11 is 0. The number of benzene rings is 3. The Hall–Kier alpha value is -4.46. The van der Waals surface area contributed by atoms with Crippen LogP contribution < -0.4 is 16.0 Å². The number of amides is 3. The van der Waals surface area contributed by atoms with Crippen LogP contribution in [0.3, 0.4) is 0 Å². The first kappa shape index (κ1) is 21.8. The lowest BCUT2D eigenvalue weighted by Crippen LogP contribution is -2.24. The quantitative estimate of drug-likeness (QED) is 0.406. The second kappa shape index (κ2) is 9.35. The van der Waals surface area contributed by atoms with Gasteiger partial charge < -0.3 is 16.0 Å². The van der Waals surface area contributed by atoms with E-state index in [0.29, 0.717) is 28.3 Å². The highest BCUT2D eigenvalue weighted by Crippen LogP contribution is 2.26. The molecule has 0 aliphatic rings. The van der Waals surface area contributed by atoms with Gasteiger partial charge >= 0.3 is 6.03 Å². The van der Waals surface area contributed by atoms with Gasteiger partial charge in [-0.15, -0.1) is 0 Å². The van der Waals surface area contributed by atoms with Gasteiger partial charge in [-0.3, -0.25) is 4.79 Å². The van der Waals surface area contributed by atoms with Gasteiger partial charge in [-0.2, -0.15) is 5.10 Å². The molecule has 0 aliphatic heterocycles. The van der Waals surface area contributed by atoms with Crippen molar-refractivity contribution in [1.29, 1.82) is 0 Å². The third-order valence-corrected chi connectivity index (χ3v) is 4.97. The van der Waals surface area contributed by atoms with Crippen LogP contribution in [0.2, 0.25) is 0 Å². The van der Waals surface area contributed by atoms with Crippen LogP contribution >= 0.6 is 0 Å². The monoisotopic (exact) mass is 443 g/mol. The number of aryl methyl sites for hydroxylation is 1. The maximum absolute atomic E-state index is 13.4. The molecule has 0 aliphatic carbocycles. The number of nitrogens with zero attached hydrogens (tertiary/aromatic N) is 2. The van der Waals surface area contributed by atoms with E-state index in [1.165, 1.54) is 19.2 Å². The fraction of sp³-hybridized carbons (Fsp3) is 0.0800. The lowest BCUT2D eigenvalue weighted by Gasteiger charge is -2.08. The lowest BCUT2D eigenvalue weighted by atomic mass is 10.1. The van der Waals surface area contributed by atoms with Gasteiger partial charge in [-0.05, 0) is 61.5 Å². The molecule has 0 atom stereocenters. The largest absolute Gasteiger partial charge is 0.341 e. The van der Waals surface area contributed by atoms with Crippen molar-refractivity contribution >= 4 is 23.3 Å². The number of anilines is 2. The van der Waals surface area contributed by atoms with Crippen molar-refractivity contribution in [2.45, 2.75) is 6.92 Å². The molecule has 166 valence electrons. The topological polar surface area (TPSA) is 88.0 Å². The second-order valence-electron chi connectivity index (χ2n) is 7.42. The summed E-state index contributed by atoms with van der Waals surface area (Å²) in [6.45, 7) is 1.97. The summed E-state index contributed by atoms with van der Waals surface area (Å²) in [7, 11) is 1.53. The minimum absolute atomic E-state index is 0.331. The van der Waals surface area contributed by atoms with E-state index in [0.717, 1.165) is 11.1 Å². The van der Waals surface area contributed by atoms with E-state index in [2.05, 4.69) is 21.0 Å². The van der Waals surface area contributed by atoms with Crippen LogP contribution in [-0.4, -0.2) is 28.8 Å². The van der Waals surface area contributed by atoms with Crippen molar-refractivity contribution in [3.63, 3.8) is 0 Å². The Morgan fingerprint density at radius 2 is 1.58 bits per heavy atom. The molecule has 0 bridgehead atoms. The molecule has 4 aromatic rings. The predicted octanol–water partition coefficient (Wildman–Crippen LogP) is 4.99. The van der Waals surface area contributed by atoms with E-state index < -0.39 is 0 Å². The number of rotatable bonds is 5. The van der Waals surface area contributed by atoms with Crippen molar-refractivity contribution in [3.8, 4) is 16.9 Å². The first-order valence-electron chi connectivity index (χ1n) is 10.3. The van der Waals surface area contributed by atoms with Crippen LogP contribution in [0.4, 0.5) is 20.6 Å². The molecule has 0 spiro atoms. The third-order valence-electron chi connectivity index (χ3n) is 4.97. The minimum atomic E-state index is -0.350. The van der Waals surface area contributed by atoms with Crippen LogP contribution in [0.1, 0.15) is 15.9 Å². The predicted molar refractivity (Wildman–Crippen MR) is 126 cm³/mol. The molecule has 3 N–H and O–H groups in total. The van der Waals surface area contributed by atoms with Gasteiger partial charge in [0.05, 0.1) is 11.3 Å². The molecular weight excluding hydrogens is 421 g/mol. The van der Waals surface area contributed by atoms with E-state index >= 15 is 0 Å². The number of carbonyl (C=O) groups excluding carboxylic acids is 2. The minimum Gasteiger partial charge on any atom is -0.341 e. The third kappa shape index (κ3) is 5.07. The normalized spacial score (nSPS) is 10.5. The van der Waals surface area contributed by atoms with Gasteiger partial charge in [0.15, 0.2) is 0 Å². The molecule has 3 amide bonds. The summed E-state index contributed by atoms with van der Waals surface area (Å²) in [5.74, 6) is -0.691. The average molecular weight is 443 g/mol. The number of nitrogens with one attached hydrogen (secondary N) is 3. The SMILES string of the molecule is CNC(=O)Nc1ccc(NC(=O)c2cn(-c3ccc(F)cc3)nc2-c2cccc(C)c2)cc1. The van der Waals surface area contributed by atoms with Crippen molar-refractivity contribution < 1.29 is 14.0 Å². The molecule has 3 aromatic carbocycles. The molecule has 33 heavy (non-hydrogen) atoms. The number of hydrogen-bond donors (Lipinski definition) is 3. The first-order chi connectivity index (χ1) is 15.9. The van der Waals surface area contributed by atoms with Crippen LogP contribution in [0, 0.1) is 12.7 Å². The molecule has 1 heterocycles. The maximum atomic E-state index is 13.4. The second-order valence-corrected chi connectivity index (χ2v) is 7.42. The zero-order valence-corrected chi connectivity index (χ0v) is 18.1. The summed E-state index contributed by atoms with van der Waals surface area (Å²) in [4.78, 5) is 24.6. The van der Waals surface area contributed by atoms with Gasteiger partial charge in [0.2, 0.25) is 0 Å². The molecule has 0 saturated carbocycles. The van der Waals surface area contributed by atoms with E-state index in [9.17, 15) is 14.0 Å². The summed E-state index contributed by atoms with van der Waals surface area (Å²) in [6, 6.07) is 20.0. The zero-order valence-electron chi connectivity index (χ0n) is 18.1. The van der Waals surface area contributed by atoms with Crippen LogP contribution in [0.15, 0.2) is 79.0 Å². The lowest BCUT2D eigenvalue weighted by molar-refractivity contribution is 0.102. The maximum Gasteiger partial charge on any atom is 0.318 e. The highest BCUT2D eigenvalue weighted by atomic mass is 19.1. The Morgan fingerprint density at radius 1 is 0.909 bits per heavy atom. The summed E-state index contributed by atoms with van der Waals surface area (Å²) < 4.78 is 14.9. The van der Waals surface area contributed by atoms with Crippen LogP contribution in [0.5, 0.6) is 0 Å². The number of carbonyl (C=O) groups is 2. The van der Waals surface area contributed by atoms with E-state index in [1.54, 1.807) is 47.3 Å². The Labute approximate surface area is 190 Å². The van der Waals surface area contributed by atoms with Gasteiger partial charge in [0.1, 0.15) is 11.5 Å². The number of urea groups is 1. The van der Waals surface area contributed by atoms with Crippen molar-refractivity contribution in [3.05, 3.63) is 95.9 Å². The molecule has 8 heteroatoms. The Morgan fingerprint density at radius 3 is 2.21 bits per heavy atom. The van der Waals surface area contributed by atoms with E-state index in [-0.39, 0.29) is 17.8 Å². The standard InChI is InChI=1S/C25H22FN5O2/c1-16-4-3-5-17(14-16)23-22(15-31(30-23)21-12-6-18(26)7-13-21)24(32)28-19-8-10-20(11-9-19)29-25(33)27-2/h3-15H,1-2H3,(H,28,32)(H2,27,29,33). The molecule has 7 nitrogen and oxygen atoms in total. The van der Waals surface area contributed by atoms with Crippen LogP contribution in [-0.2, 0) is 0 Å². The molecule has 1 aromatic heterocycles. The molecule has 0 fully saturated rings. The summed E-state index contributed by atoms with van der Waals surface area (Å²) in [6.07, 6.45) is 1.63. The van der Waals surface area contributed by atoms with Gasteiger partial charge in [-0.25, -0.2) is 13.9 Å². The Balaban J connectivity index is 1.65. The van der Waals surface area contributed by atoms with Crippen LogP contribution in [0.25, 0.3) is 16.9 Å². The number of aromatic nitrogens is 2. The summed E-state index contributed by atoms with van der Waals surface area (Å²) in [5, 5.41) is 12.6. The smallest absolute Gasteiger partial charge is 0.318 e. The highest BCUT2D eigenvalue weighted by molar-refractivity contribution is 6.08. The average Bonchev–Trinajstić information content (AvgIpc) is 3.26. The van der Waals surface area contributed by atoms with Crippen molar-refractivity contribution in [1.82, 2.24) is 15.1 Å².